The molecule has 5 aliphatic rings. The van der Waals surface area contributed by atoms with Gasteiger partial charge in [0.05, 0.1) is 16.5 Å². The first-order valence-corrected chi connectivity index (χ1v) is 13.5. The van der Waals surface area contributed by atoms with E-state index in [1.807, 2.05) is 36.4 Å². The average Bonchev–Trinajstić information content (AvgIpc) is 3.65. The van der Waals surface area contributed by atoms with Gasteiger partial charge < -0.3 is 15.2 Å². The molecule has 188 valence electrons. The van der Waals surface area contributed by atoms with Gasteiger partial charge in [-0.3, -0.25) is 14.5 Å². The molecule has 3 aliphatic carbocycles. The predicted octanol–water partition coefficient (Wildman–Crippen LogP) is 3.51. The molecule has 2 N–H and O–H groups in total. The fourth-order valence-electron chi connectivity index (χ4n) is 8.02. The third-order valence-electron chi connectivity index (χ3n) is 9.78. The summed E-state index contributed by atoms with van der Waals surface area (Å²) in [4.78, 5) is 34.6. The van der Waals surface area contributed by atoms with Gasteiger partial charge >= 0.3 is 0 Å². The fourth-order valence-corrected chi connectivity index (χ4v) is 8.02. The van der Waals surface area contributed by atoms with Crippen LogP contribution in [0.2, 0.25) is 0 Å². The first-order chi connectivity index (χ1) is 18.0. The van der Waals surface area contributed by atoms with Crippen molar-refractivity contribution in [2.24, 2.45) is 5.92 Å². The summed E-state index contributed by atoms with van der Waals surface area (Å²) in [6, 6.07) is 15.2. The van der Waals surface area contributed by atoms with Gasteiger partial charge in [-0.05, 0) is 68.3 Å². The number of benzene rings is 2. The summed E-state index contributed by atoms with van der Waals surface area (Å²) in [5, 5.41) is 15.3. The number of phenolic OH excluding ortho intramolecular Hbond substituents is 1. The number of hydrogen-bond donors (Lipinski definition) is 2. The monoisotopic (exact) mass is 495 g/mol. The SMILES string of the molecule is O=C(N[C@@]12CCC(=O)[C@@H]3Oc4c(O)ccc5c4[C@@]31CCN(CC1CC1)[C@@H]2C5)c1ccc2ccccc2n1. The number of piperidine rings is 1. The molecule has 2 bridgehead atoms. The Bertz CT molecular complexity index is 1500. The minimum Gasteiger partial charge on any atom is -0.504 e. The Labute approximate surface area is 214 Å². The number of hydrogen-bond acceptors (Lipinski definition) is 6. The third kappa shape index (κ3) is 2.78. The van der Waals surface area contributed by atoms with Gasteiger partial charge in [0.25, 0.3) is 5.91 Å². The van der Waals surface area contributed by atoms with Crippen molar-refractivity contribution < 1.29 is 19.4 Å². The molecule has 3 aromatic rings. The molecule has 2 saturated carbocycles. The highest BCUT2D eigenvalue weighted by Crippen LogP contribution is 2.65. The zero-order valence-electron chi connectivity index (χ0n) is 20.6. The van der Waals surface area contributed by atoms with Crippen LogP contribution in [0.3, 0.4) is 0 Å². The van der Waals surface area contributed by atoms with Crippen LogP contribution in [-0.4, -0.2) is 57.5 Å². The van der Waals surface area contributed by atoms with Crippen LogP contribution in [0.15, 0.2) is 48.5 Å². The molecule has 1 aromatic heterocycles. The summed E-state index contributed by atoms with van der Waals surface area (Å²) < 4.78 is 6.34. The summed E-state index contributed by atoms with van der Waals surface area (Å²) in [6.45, 7) is 1.88. The number of fused-ring (bicyclic) bond motifs is 1. The Balaban J connectivity index is 1.29. The lowest BCUT2D eigenvalue weighted by atomic mass is 9.47. The summed E-state index contributed by atoms with van der Waals surface area (Å²) in [6.07, 6.45) is 4.19. The standard InChI is InChI=1S/C30H29N3O4/c34-22-10-8-19-15-24-30(32-28(36)21-9-7-18-3-1-2-4-20(18)31-21)12-11-23(35)27-29(30,25(19)26(22)37-27)13-14-33(24)16-17-5-6-17/h1-4,7-10,17,24,27,34H,5-6,11-16H2,(H,32,36)/t24-,27+,29+,30-/m1/s1. The van der Waals surface area contributed by atoms with Gasteiger partial charge in [0.1, 0.15) is 5.69 Å². The number of rotatable bonds is 4. The number of ether oxygens (including phenoxy) is 1. The van der Waals surface area contributed by atoms with Gasteiger partial charge in [-0.1, -0.05) is 30.3 Å². The molecule has 0 radical (unpaired) electrons. The molecule has 2 aliphatic heterocycles. The maximum atomic E-state index is 14.0. The quantitative estimate of drug-likeness (QED) is 0.576. The predicted molar refractivity (Wildman–Crippen MR) is 137 cm³/mol. The molecule has 4 atom stereocenters. The number of aromatic nitrogens is 1. The molecule has 0 unspecified atom stereocenters. The lowest BCUT2D eigenvalue weighted by Crippen LogP contribution is -2.82. The number of Topliss-reactive ketones (excluding diaryl/α,β-unsaturated/α-hetero) is 1. The summed E-state index contributed by atoms with van der Waals surface area (Å²) in [5.41, 5.74) is 1.86. The molecule has 7 nitrogen and oxygen atoms in total. The highest BCUT2D eigenvalue weighted by molar-refractivity contribution is 5.97. The molecule has 37 heavy (non-hydrogen) atoms. The maximum absolute atomic E-state index is 14.0. The molecular weight excluding hydrogens is 466 g/mol. The molecule has 7 heteroatoms. The number of nitrogens with one attached hydrogen (secondary N) is 1. The van der Waals surface area contributed by atoms with Crippen LogP contribution in [0.4, 0.5) is 0 Å². The fraction of sp³-hybridized carbons (Fsp3) is 0.433. The number of phenols is 1. The largest absolute Gasteiger partial charge is 0.504 e. The molecule has 1 spiro atoms. The number of ketones is 1. The Morgan fingerprint density at radius 1 is 1.14 bits per heavy atom. The summed E-state index contributed by atoms with van der Waals surface area (Å²) in [7, 11) is 0. The Hall–Kier alpha value is -3.45. The van der Waals surface area contributed by atoms with Crippen molar-refractivity contribution in [1.29, 1.82) is 0 Å². The topological polar surface area (TPSA) is 91.8 Å². The van der Waals surface area contributed by atoms with Crippen LogP contribution in [0.25, 0.3) is 10.9 Å². The number of aromatic hydroxyl groups is 1. The number of para-hydroxylation sites is 1. The smallest absolute Gasteiger partial charge is 0.270 e. The third-order valence-corrected chi connectivity index (χ3v) is 9.78. The van der Waals surface area contributed by atoms with Gasteiger partial charge in [0.2, 0.25) is 0 Å². The number of nitrogens with zero attached hydrogens (tertiary/aromatic N) is 2. The van der Waals surface area contributed by atoms with Gasteiger partial charge in [0, 0.05) is 30.0 Å². The van der Waals surface area contributed by atoms with Crippen molar-refractivity contribution in [3.8, 4) is 11.5 Å². The van der Waals surface area contributed by atoms with E-state index in [2.05, 4.69) is 15.2 Å². The van der Waals surface area contributed by atoms with E-state index in [9.17, 15) is 14.7 Å². The first kappa shape index (κ1) is 21.6. The molecule has 8 rings (SSSR count). The highest BCUT2D eigenvalue weighted by Gasteiger charge is 2.74. The van der Waals surface area contributed by atoms with Gasteiger partial charge in [-0.2, -0.15) is 0 Å². The molecule has 3 heterocycles. The van der Waals surface area contributed by atoms with E-state index in [1.54, 1.807) is 12.1 Å². The van der Waals surface area contributed by atoms with E-state index >= 15 is 0 Å². The summed E-state index contributed by atoms with van der Waals surface area (Å²) >= 11 is 0. The van der Waals surface area contributed by atoms with Gasteiger partial charge in [-0.25, -0.2) is 4.98 Å². The average molecular weight is 496 g/mol. The normalized spacial score (nSPS) is 31.6. The molecule has 1 saturated heterocycles. The Morgan fingerprint density at radius 2 is 2.00 bits per heavy atom. The van der Waals surface area contributed by atoms with Crippen molar-refractivity contribution in [3.05, 3.63) is 65.4 Å². The second-order valence-corrected chi connectivity index (χ2v) is 11.6. The molecule has 1 amide bonds. The molecule has 3 fully saturated rings. The van der Waals surface area contributed by atoms with Gasteiger partial charge in [-0.15, -0.1) is 0 Å². The van der Waals surface area contributed by atoms with E-state index in [4.69, 9.17) is 4.74 Å². The summed E-state index contributed by atoms with van der Waals surface area (Å²) in [5.74, 6) is 1.07. The first-order valence-electron chi connectivity index (χ1n) is 13.5. The lowest BCUT2D eigenvalue weighted by molar-refractivity contribution is -0.143. The Kier molecular flexibility index (Phi) is 4.27. The maximum Gasteiger partial charge on any atom is 0.270 e. The van der Waals surface area contributed by atoms with Crippen LogP contribution in [0.5, 0.6) is 11.5 Å². The molecule has 2 aromatic carbocycles. The van der Waals surface area contributed by atoms with E-state index in [1.165, 1.54) is 12.8 Å². The second kappa shape index (κ2) is 7.32. The number of likely N-dealkylation sites (tertiary alicyclic amines) is 1. The van der Waals surface area contributed by atoms with Crippen LogP contribution in [0.1, 0.15) is 53.7 Å². The minimum absolute atomic E-state index is 0.0495. The van der Waals surface area contributed by atoms with Crippen molar-refractivity contribution in [2.75, 3.05) is 13.1 Å². The minimum atomic E-state index is -0.695. The van der Waals surface area contributed by atoms with E-state index in [-0.39, 0.29) is 23.5 Å². The number of carbonyl (C=O) groups is 2. The van der Waals surface area contributed by atoms with Crippen LogP contribution in [0, 0.1) is 5.92 Å². The Morgan fingerprint density at radius 3 is 2.86 bits per heavy atom. The van der Waals surface area contributed by atoms with Gasteiger partial charge in [0.15, 0.2) is 23.4 Å². The van der Waals surface area contributed by atoms with E-state index in [0.29, 0.717) is 36.6 Å². The lowest BCUT2D eigenvalue weighted by Gasteiger charge is -2.65. The van der Waals surface area contributed by atoms with Crippen LogP contribution >= 0.6 is 0 Å². The number of carbonyl (C=O) groups excluding carboxylic acids is 2. The van der Waals surface area contributed by atoms with E-state index in [0.717, 1.165) is 41.5 Å². The van der Waals surface area contributed by atoms with Crippen LogP contribution < -0.4 is 10.1 Å². The van der Waals surface area contributed by atoms with Crippen molar-refractivity contribution >= 4 is 22.6 Å². The number of amides is 1. The zero-order chi connectivity index (χ0) is 24.9. The van der Waals surface area contributed by atoms with Crippen LogP contribution in [-0.2, 0) is 16.6 Å². The van der Waals surface area contributed by atoms with Crippen molar-refractivity contribution in [2.45, 2.75) is 61.6 Å². The number of pyridine rings is 1. The van der Waals surface area contributed by atoms with Crippen molar-refractivity contribution in [1.82, 2.24) is 15.2 Å². The molecular formula is C30H29N3O4. The zero-order valence-corrected chi connectivity index (χ0v) is 20.6. The van der Waals surface area contributed by atoms with E-state index < -0.39 is 17.1 Å². The second-order valence-electron chi connectivity index (χ2n) is 11.6. The van der Waals surface area contributed by atoms with Crippen molar-refractivity contribution in [3.63, 3.8) is 0 Å². The highest BCUT2D eigenvalue weighted by atomic mass is 16.5.